The average molecular weight is 574 g/mol. The summed E-state index contributed by atoms with van der Waals surface area (Å²) >= 11 is 1.43. The predicted molar refractivity (Wildman–Crippen MR) is 150 cm³/mol. The van der Waals surface area contributed by atoms with Gasteiger partial charge in [-0.15, -0.1) is 0 Å². The number of aromatic hydroxyl groups is 1. The summed E-state index contributed by atoms with van der Waals surface area (Å²) in [6.07, 6.45) is 1.55. The standard InChI is InChI=1S/C27H35N5O7S/c1-40-12-11-20(30-24(35)19(28)13-17-7-9-18(33)10-8-17)25(36)31-21(15-23(29)34)26(37)32-22(27(38)39)14-16-5-3-2-4-6-16/h2-10,19-22,33H,11-15,28H2,1H3,(H2,29,34)(H,30,35)(H,31,36)(H,32,37)(H,38,39). The van der Waals surface area contributed by atoms with Crippen molar-refractivity contribution in [3.8, 4) is 5.75 Å². The molecule has 40 heavy (non-hydrogen) atoms. The van der Waals surface area contributed by atoms with Gasteiger partial charge < -0.3 is 37.6 Å². The van der Waals surface area contributed by atoms with Crippen LogP contribution in [0.3, 0.4) is 0 Å². The second-order valence-electron chi connectivity index (χ2n) is 9.14. The highest BCUT2D eigenvalue weighted by Gasteiger charge is 2.31. The van der Waals surface area contributed by atoms with Gasteiger partial charge in [0.25, 0.3) is 0 Å². The number of carboxylic acid groups (broad SMARTS) is 1. The first-order valence-corrected chi connectivity index (χ1v) is 13.9. The van der Waals surface area contributed by atoms with E-state index in [2.05, 4.69) is 16.0 Å². The van der Waals surface area contributed by atoms with E-state index in [1.807, 2.05) is 6.26 Å². The molecule has 4 amide bonds. The van der Waals surface area contributed by atoms with Crippen LogP contribution in [0.15, 0.2) is 54.6 Å². The number of carboxylic acids is 1. The number of carbonyl (C=O) groups is 5. The van der Waals surface area contributed by atoms with Gasteiger partial charge in [0.2, 0.25) is 23.6 Å². The number of amides is 4. The first kappa shape index (κ1) is 32.1. The Balaban J connectivity index is 2.11. The van der Waals surface area contributed by atoms with Gasteiger partial charge in [0.15, 0.2) is 0 Å². The lowest BCUT2D eigenvalue weighted by molar-refractivity contribution is -0.142. The number of rotatable bonds is 16. The van der Waals surface area contributed by atoms with Crippen LogP contribution in [0.1, 0.15) is 24.0 Å². The molecule has 0 saturated carbocycles. The van der Waals surface area contributed by atoms with Crippen molar-refractivity contribution in [1.29, 1.82) is 0 Å². The topological polar surface area (TPSA) is 214 Å². The molecule has 0 fully saturated rings. The Labute approximate surface area is 236 Å². The second-order valence-corrected chi connectivity index (χ2v) is 10.1. The third-order valence-electron chi connectivity index (χ3n) is 5.91. The normalized spacial score (nSPS) is 13.8. The zero-order valence-corrected chi connectivity index (χ0v) is 22.9. The summed E-state index contributed by atoms with van der Waals surface area (Å²) in [4.78, 5) is 62.4. The van der Waals surface area contributed by atoms with Crippen LogP contribution in [0, 0.1) is 0 Å². The van der Waals surface area contributed by atoms with Crippen molar-refractivity contribution in [2.45, 2.75) is 49.9 Å². The van der Waals surface area contributed by atoms with Crippen molar-refractivity contribution in [3.63, 3.8) is 0 Å². The fourth-order valence-corrected chi connectivity index (χ4v) is 4.24. The number of thioether (sulfide) groups is 1. The largest absolute Gasteiger partial charge is 0.508 e. The maximum atomic E-state index is 13.2. The zero-order valence-electron chi connectivity index (χ0n) is 22.0. The average Bonchev–Trinajstić information content (AvgIpc) is 2.91. The molecule has 0 bridgehead atoms. The number of nitrogens with one attached hydrogen (secondary N) is 3. The highest BCUT2D eigenvalue weighted by Crippen LogP contribution is 2.11. The van der Waals surface area contributed by atoms with Gasteiger partial charge in [0.05, 0.1) is 12.5 Å². The summed E-state index contributed by atoms with van der Waals surface area (Å²) in [6, 6.07) is 9.91. The fraction of sp³-hybridized carbons (Fsp3) is 0.370. The van der Waals surface area contributed by atoms with Crippen molar-refractivity contribution in [2.24, 2.45) is 11.5 Å². The molecule has 2 rings (SSSR count). The van der Waals surface area contributed by atoms with Crippen LogP contribution in [0.2, 0.25) is 0 Å². The number of hydrogen-bond acceptors (Lipinski definition) is 8. The van der Waals surface area contributed by atoms with E-state index in [4.69, 9.17) is 11.5 Å². The second kappa shape index (κ2) is 16.1. The molecule has 2 aromatic carbocycles. The third kappa shape index (κ3) is 10.9. The van der Waals surface area contributed by atoms with Gasteiger partial charge in [-0.2, -0.15) is 11.8 Å². The minimum atomic E-state index is -1.47. The minimum Gasteiger partial charge on any atom is -0.508 e. The Kier molecular flexibility index (Phi) is 12.9. The molecule has 0 aliphatic carbocycles. The summed E-state index contributed by atoms with van der Waals surface area (Å²) in [5.74, 6) is -3.91. The molecule has 216 valence electrons. The zero-order chi connectivity index (χ0) is 29.7. The molecule has 4 atom stereocenters. The van der Waals surface area contributed by atoms with Gasteiger partial charge >= 0.3 is 5.97 Å². The van der Waals surface area contributed by atoms with Gasteiger partial charge in [0.1, 0.15) is 23.9 Å². The maximum Gasteiger partial charge on any atom is 0.326 e. The number of aliphatic carboxylic acids is 1. The number of benzene rings is 2. The Morgan fingerprint density at radius 1 is 0.800 bits per heavy atom. The predicted octanol–water partition coefficient (Wildman–Crippen LogP) is -0.328. The van der Waals surface area contributed by atoms with Crippen molar-refractivity contribution < 1.29 is 34.2 Å². The lowest BCUT2D eigenvalue weighted by Gasteiger charge is -2.25. The van der Waals surface area contributed by atoms with Crippen LogP contribution in [-0.2, 0) is 36.8 Å². The van der Waals surface area contributed by atoms with Gasteiger partial charge in [0, 0.05) is 6.42 Å². The monoisotopic (exact) mass is 573 g/mol. The van der Waals surface area contributed by atoms with Crippen molar-refractivity contribution >= 4 is 41.4 Å². The van der Waals surface area contributed by atoms with Gasteiger partial charge in [-0.3, -0.25) is 19.2 Å². The van der Waals surface area contributed by atoms with Gasteiger partial charge in [-0.25, -0.2) is 4.79 Å². The lowest BCUT2D eigenvalue weighted by atomic mass is 10.0. The van der Waals surface area contributed by atoms with E-state index in [1.54, 1.807) is 42.5 Å². The van der Waals surface area contributed by atoms with E-state index < -0.39 is 60.2 Å². The van der Waals surface area contributed by atoms with E-state index >= 15 is 0 Å². The van der Waals surface area contributed by atoms with E-state index in [0.29, 0.717) is 16.9 Å². The van der Waals surface area contributed by atoms with Crippen LogP contribution in [0.5, 0.6) is 5.75 Å². The quantitative estimate of drug-likeness (QED) is 0.140. The molecule has 0 aromatic heterocycles. The summed E-state index contributed by atoms with van der Waals surface area (Å²) in [5, 5.41) is 26.4. The van der Waals surface area contributed by atoms with Crippen molar-refractivity contribution in [1.82, 2.24) is 16.0 Å². The molecule has 0 radical (unpaired) electrons. The van der Waals surface area contributed by atoms with Crippen LogP contribution in [0.4, 0.5) is 0 Å². The smallest absolute Gasteiger partial charge is 0.326 e. The maximum absolute atomic E-state index is 13.2. The Morgan fingerprint density at radius 2 is 1.35 bits per heavy atom. The molecule has 13 heteroatoms. The number of carbonyl (C=O) groups excluding carboxylic acids is 4. The van der Waals surface area contributed by atoms with Gasteiger partial charge in [-0.05, 0) is 48.1 Å². The number of phenolic OH excluding ortho intramolecular Hbond substituents is 1. The summed E-state index contributed by atoms with van der Waals surface area (Å²) < 4.78 is 0. The van der Waals surface area contributed by atoms with Crippen LogP contribution in [0.25, 0.3) is 0 Å². The number of phenols is 1. The fourth-order valence-electron chi connectivity index (χ4n) is 3.77. The van der Waals surface area contributed by atoms with Crippen molar-refractivity contribution in [2.75, 3.05) is 12.0 Å². The number of primary amides is 1. The van der Waals surface area contributed by atoms with Gasteiger partial charge in [-0.1, -0.05) is 42.5 Å². The highest BCUT2D eigenvalue weighted by atomic mass is 32.2. The summed E-state index contributed by atoms with van der Waals surface area (Å²) in [7, 11) is 0. The molecule has 0 aliphatic heterocycles. The molecule has 0 heterocycles. The highest BCUT2D eigenvalue weighted by molar-refractivity contribution is 7.98. The molecular formula is C27H35N5O7S. The van der Waals surface area contributed by atoms with E-state index in [0.717, 1.165) is 0 Å². The van der Waals surface area contributed by atoms with Crippen molar-refractivity contribution in [3.05, 3.63) is 65.7 Å². The Morgan fingerprint density at radius 3 is 1.93 bits per heavy atom. The number of nitrogens with two attached hydrogens (primary N) is 2. The molecular weight excluding hydrogens is 538 g/mol. The van der Waals surface area contributed by atoms with E-state index in [9.17, 15) is 34.2 Å². The number of hydrogen-bond donors (Lipinski definition) is 7. The van der Waals surface area contributed by atoms with Crippen LogP contribution >= 0.6 is 11.8 Å². The van der Waals surface area contributed by atoms with Crippen LogP contribution in [-0.4, -0.2) is 76.0 Å². The summed E-state index contributed by atoms with van der Waals surface area (Å²) in [5.41, 5.74) is 12.7. The molecule has 9 N–H and O–H groups in total. The third-order valence-corrected chi connectivity index (χ3v) is 6.55. The molecule has 2 aromatic rings. The minimum absolute atomic E-state index is 0.0233. The SMILES string of the molecule is CSCCC(NC(=O)C(N)Cc1ccc(O)cc1)C(=O)NC(CC(N)=O)C(=O)NC(Cc1ccccc1)C(=O)O. The van der Waals surface area contributed by atoms with E-state index in [-0.39, 0.29) is 25.0 Å². The first-order valence-electron chi connectivity index (χ1n) is 12.5. The molecule has 0 saturated heterocycles. The Bertz CT molecular complexity index is 1160. The first-order chi connectivity index (χ1) is 19.0. The Hall–Kier alpha value is -4.10. The molecule has 12 nitrogen and oxygen atoms in total. The van der Waals surface area contributed by atoms with E-state index in [1.165, 1.54) is 23.9 Å². The molecule has 0 spiro atoms. The summed E-state index contributed by atoms with van der Waals surface area (Å²) in [6.45, 7) is 0. The van der Waals surface area contributed by atoms with Crippen LogP contribution < -0.4 is 27.4 Å². The molecule has 0 aliphatic rings. The molecule has 4 unspecified atom stereocenters. The lowest BCUT2D eigenvalue weighted by Crippen LogP contribution is -2.58.